The molecular formula is C19H20O4. The van der Waals surface area contributed by atoms with Crippen LogP contribution >= 0.6 is 0 Å². The highest BCUT2D eigenvalue weighted by Gasteiger charge is 2.09. The Hall–Kier alpha value is -2.62. The third kappa shape index (κ3) is 4.19. The number of rotatable bonds is 6. The van der Waals surface area contributed by atoms with Crippen LogP contribution in [0.3, 0.4) is 0 Å². The van der Waals surface area contributed by atoms with E-state index >= 15 is 0 Å². The van der Waals surface area contributed by atoms with Gasteiger partial charge in [0.05, 0.1) is 11.1 Å². The first-order valence-electron chi connectivity index (χ1n) is 7.54. The van der Waals surface area contributed by atoms with E-state index in [0.29, 0.717) is 11.1 Å². The maximum atomic E-state index is 11.4. The standard InChI is InChI=1S/C19H20O4/c1-12(20)16-10-14(6-8-18(16)22)4-3-5-15-7-9-19(23)17(11-15)13(2)21/h6-11,22-23H,3-5H2,1-2H3. The summed E-state index contributed by atoms with van der Waals surface area (Å²) in [5.74, 6) is -0.306. The van der Waals surface area contributed by atoms with Crippen LogP contribution in [0.4, 0.5) is 0 Å². The number of carbonyl (C=O) groups excluding carboxylic acids is 2. The van der Waals surface area contributed by atoms with Gasteiger partial charge in [-0.05, 0) is 68.5 Å². The van der Waals surface area contributed by atoms with Crippen molar-refractivity contribution in [1.82, 2.24) is 0 Å². The predicted molar refractivity (Wildman–Crippen MR) is 88.2 cm³/mol. The van der Waals surface area contributed by atoms with Crippen molar-refractivity contribution in [3.63, 3.8) is 0 Å². The first-order valence-corrected chi connectivity index (χ1v) is 7.54. The Balaban J connectivity index is 2.03. The van der Waals surface area contributed by atoms with Gasteiger partial charge in [0, 0.05) is 0 Å². The van der Waals surface area contributed by atoms with Crippen molar-refractivity contribution in [1.29, 1.82) is 0 Å². The second-order valence-corrected chi connectivity index (χ2v) is 5.67. The van der Waals surface area contributed by atoms with Crippen LogP contribution < -0.4 is 0 Å². The second-order valence-electron chi connectivity index (χ2n) is 5.67. The molecule has 0 heterocycles. The van der Waals surface area contributed by atoms with Crippen LogP contribution in [0.1, 0.15) is 52.1 Å². The fourth-order valence-electron chi connectivity index (χ4n) is 2.54. The summed E-state index contributed by atoms with van der Waals surface area (Å²) < 4.78 is 0. The number of Topliss-reactive ketones (excluding diaryl/α,β-unsaturated/α-hetero) is 2. The van der Waals surface area contributed by atoms with Crippen LogP contribution in [-0.2, 0) is 12.8 Å². The summed E-state index contributed by atoms with van der Waals surface area (Å²) in [7, 11) is 0. The van der Waals surface area contributed by atoms with Crippen molar-refractivity contribution in [3.05, 3.63) is 58.7 Å². The molecule has 0 spiro atoms. The molecule has 0 unspecified atom stereocenters. The zero-order valence-corrected chi connectivity index (χ0v) is 13.3. The Labute approximate surface area is 135 Å². The lowest BCUT2D eigenvalue weighted by Gasteiger charge is -2.07. The van der Waals surface area contributed by atoms with Crippen LogP contribution in [0.5, 0.6) is 11.5 Å². The summed E-state index contributed by atoms with van der Waals surface area (Å²) in [5, 5.41) is 19.3. The zero-order valence-electron chi connectivity index (χ0n) is 13.3. The molecule has 0 aliphatic carbocycles. The molecule has 0 saturated carbocycles. The molecule has 2 N–H and O–H groups in total. The average molecular weight is 312 g/mol. The number of phenols is 2. The average Bonchev–Trinajstić information content (AvgIpc) is 2.50. The van der Waals surface area contributed by atoms with Crippen LogP contribution in [0.25, 0.3) is 0 Å². The van der Waals surface area contributed by atoms with Gasteiger partial charge < -0.3 is 10.2 Å². The molecule has 2 rings (SSSR count). The molecule has 2 aromatic rings. The zero-order chi connectivity index (χ0) is 17.0. The number of aryl methyl sites for hydroxylation is 2. The lowest BCUT2D eigenvalue weighted by atomic mass is 9.99. The lowest BCUT2D eigenvalue weighted by molar-refractivity contribution is 0.100. The monoisotopic (exact) mass is 312 g/mol. The number of hydrogen-bond acceptors (Lipinski definition) is 4. The van der Waals surface area contributed by atoms with Gasteiger partial charge in [-0.15, -0.1) is 0 Å². The Morgan fingerprint density at radius 3 is 1.52 bits per heavy atom. The highest BCUT2D eigenvalue weighted by atomic mass is 16.3. The Morgan fingerprint density at radius 2 is 1.17 bits per heavy atom. The Bertz CT molecular complexity index is 684. The summed E-state index contributed by atoms with van der Waals surface area (Å²) in [4.78, 5) is 22.9. The maximum Gasteiger partial charge on any atom is 0.163 e. The van der Waals surface area contributed by atoms with Crippen molar-refractivity contribution in [3.8, 4) is 11.5 Å². The summed E-state index contributed by atoms with van der Waals surface area (Å²) in [6, 6.07) is 10.1. The molecule has 23 heavy (non-hydrogen) atoms. The molecule has 4 nitrogen and oxygen atoms in total. The molecule has 0 atom stereocenters. The van der Waals surface area contributed by atoms with Crippen molar-refractivity contribution in [2.24, 2.45) is 0 Å². The van der Waals surface area contributed by atoms with Crippen LogP contribution in [0, 0.1) is 0 Å². The van der Waals surface area contributed by atoms with E-state index in [0.717, 1.165) is 30.4 Å². The second kappa shape index (κ2) is 7.09. The lowest BCUT2D eigenvalue weighted by Crippen LogP contribution is -1.98. The van der Waals surface area contributed by atoms with E-state index in [9.17, 15) is 19.8 Å². The SMILES string of the molecule is CC(=O)c1cc(CCCc2ccc(O)c(C(C)=O)c2)ccc1O. The number of carbonyl (C=O) groups is 2. The Morgan fingerprint density at radius 1 is 0.783 bits per heavy atom. The minimum atomic E-state index is -0.158. The quantitative estimate of drug-likeness (QED) is 0.798. The number of phenolic OH excluding ortho intramolecular Hbond substituents is 2. The molecule has 2 aromatic carbocycles. The molecule has 0 saturated heterocycles. The van der Waals surface area contributed by atoms with Crippen LogP contribution in [0.2, 0.25) is 0 Å². The topological polar surface area (TPSA) is 74.6 Å². The Kier molecular flexibility index (Phi) is 5.16. The predicted octanol–water partition coefficient (Wildman–Crippen LogP) is 3.68. The van der Waals surface area contributed by atoms with E-state index < -0.39 is 0 Å². The van der Waals surface area contributed by atoms with Gasteiger partial charge in [0.1, 0.15) is 11.5 Å². The number of benzene rings is 2. The summed E-state index contributed by atoms with van der Waals surface area (Å²) in [5.41, 5.74) is 2.65. The highest BCUT2D eigenvalue weighted by molar-refractivity contribution is 5.97. The number of ketones is 2. The van der Waals surface area contributed by atoms with Crippen molar-refractivity contribution in [2.45, 2.75) is 33.1 Å². The minimum absolute atomic E-state index is 0.00545. The van der Waals surface area contributed by atoms with Gasteiger partial charge in [-0.1, -0.05) is 12.1 Å². The normalized spacial score (nSPS) is 10.5. The molecule has 0 aliphatic heterocycles. The fourth-order valence-corrected chi connectivity index (χ4v) is 2.54. The molecule has 0 aromatic heterocycles. The molecule has 0 bridgehead atoms. The van der Waals surface area contributed by atoms with Gasteiger partial charge >= 0.3 is 0 Å². The third-order valence-corrected chi connectivity index (χ3v) is 3.81. The summed E-state index contributed by atoms with van der Waals surface area (Å²) in [6.07, 6.45) is 2.36. The van der Waals surface area contributed by atoms with E-state index in [-0.39, 0.29) is 23.1 Å². The largest absolute Gasteiger partial charge is 0.507 e. The minimum Gasteiger partial charge on any atom is -0.507 e. The van der Waals surface area contributed by atoms with E-state index in [1.807, 2.05) is 0 Å². The highest BCUT2D eigenvalue weighted by Crippen LogP contribution is 2.22. The number of hydrogen-bond donors (Lipinski definition) is 2. The summed E-state index contributed by atoms with van der Waals surface area (Å²) >= 11 is 0. The molecular weight excluding hydrogens is 292 g/mol. The molecule has 0 radical (unpaired) electrons. The van der Waals surface area contributed by atoms with Gasteiger partial charge in [-0.25, -0.2) is 0 Å². The van der Waals surface area contributed by atoms with Gasteiger partial charge in [0.2, 0.25) is 0 Å². The van der Waals surface area contributed by atoms with E-state index in [4.69, 9.17) is 0 Å². The van der Waals surface area contributed by atoms with Gasteiger partial charge in [-0.3, -0.25) is 9.59 Å². The van der Waals surface area contributed by atoms with Crippen molar-refractivity contribution < 1.29 is 19.8 Å². The van der Waals surface area contributed by atoms with E-state index in [1.165, 1.54) is 13.8 Å². The van der Waals surface area contributed by atoms with Crippen LogP contribution in [-0.4, -0.2) is 21.8 Å². The van der Waals surface area contributed by atoms with Gasteiger partial charge in [0.15, 0.2) is 11.6 Å². The van der Waals surface area contributed by atoms with Crippen molar-refractivity contribution >= 4 is 11.6 Å². The summed E-state index contributed by atoms with van der Waals surface area (Å²) in [6.45, 7) is 2.86. The smallest absolute Gasteiger partial charge is 0.163 e. The fraction of sp³-hybridized carbons (Fsp3) is 0.263. The van der Waals surface area contributed by atoms with Gasteiger partial charge in [-0.2, -0.15) is 0 Å². The van der Waals surface area contributed by atoms with Gasteiger partial charge in [0.25, 0.3) is 0 Å². The molecule has 0 amide bonds. The number of aromatic hydroxyl groups is 2. The third-order valence-electron chi connectivity index (χ3n) is 3.81. The molecule has 120 valence electrons. The van der Waals surface area contributed by atoms with E-state index in [1.54, 1.807) is 36.4 Å². The first kappa shape index (κ1) is 16.7. The van der Waals surface area contributed by atoms with Crippen molar-refractivity contribution in [2.75, 3.05) is 0 Å². The maximum absolute atomic E-state index is 11.4. The first-order chi connectivity index (χ1) is 10.9. The van der Waals surface area contributed by atoms with E-state index in [2.05, 4.69) is 0 Å². The molecule has 0 fully saturated rings. The molecule has 4 heteroatoms. The molecule has 0 aliphatic rings. The van der Waals surface area contributed by atoms with Crippen LogP contribution in [0.15, 0.2) is 36.4 Å².